The van der Waals surface area contributed by atoms with Crippen molar-refractivity contribution in [2.24, 2.45) is 0 Å². The Labute approximate surface area is 329 Å². The number of para-hydroxylation sites is 2. The molecule has 0 saturated heterocycles. The van der Waals surface area contributed by atoms with Gasteiger partial charge in [0.1, 0.15) is 59.2 Å². The van der Waals surface area contributed by atoms with Crippen molar-refractivity contribution in [1.29, 1.82) is 5.26 Å². The summed E-state index contributed by atoms with van der Waals surface area (Å²) in [6.45, 7) is 1.10. The molecule has 6 aromatic rings. The van der Waals surface area contributed by atoms with E-state index >= 15 is 0 Å². The van der Waals surface area contributed by atoms with Gasteiger partial charge in [-0.1, -0.05) is 48.0 Å². The fourth-order valence-corrected chi connectivity index (χ4v) is 5.31. The Morgan fingerprint density at radius 3 is 2.14 bits per heavy atom. The lowest BCUT2D eigenvalue weighted by Gasteiger charge is -2.27. The number of hydrogen-bond donors (Lipinski definition) is 1. The van der Waals surface area contributed by atoms with E-state index in [1.165, 1.54) is 69.3 Å². The molecule has 0 spiro atoms. The summed E-state index contributed by atoms with van der Waals surface area (Å²) in [5, 5.41) is 24.2. The molecule has 4 aromatic carbocycles. The minimum atomic E-state index is -4.68. The quantitative estimate of drug-likeness (QED) is 0.0712. The molecule has 1 atom stereocenters. The van der Waals surface area contributed by atoms with Gasteiger partial charge in [0.05, 0.1) is 44.2 Å². The Kier molecular flexibility index (Phi) is 13.4. The van der Waals surface area contributed by atoms with E-state index in [1.807, 2.05) is 0 Å². The Hall–Kier alpha value is -6.96. The maximum atomic E-state index is 13.6. The average molecular weight is 801 g/mol. The Morgan fingerprint density at radius 2 is 1.51 bits per heavy atom. The maximum Gasteiger partial charge on any atom is 0.416 e. The predicted octanol–water partition coefficient (Wildman–Crippen LogP) is 8.74. The molecular formula is C40H32ClF3N6O7. The summed E-state index contributed by atoms with van der Waals surface area (Å²) in [7, 11) is 2.71. The van der Waals surface area contributed by atoms with Crippen LogP contribution in [0.4, 0.5) is 13.2 Å². The SMILES string of the molecule is CC(O)(Cn1cncn1)c1ccc(Oc2ccc(Cl)cc2)cc1C(F)(F)F.CO/C=C(/C(=O)OC)c1ccccc1Oc1cc(Oc2ccccc2C#N)ncn1. The number of carbonyl (C=O) groups is 1. The number of methoxy groups -OCH3 is 2. The lowest BCUT2D eigenvalue weighted by atomic mass is 9.90. The maximum absolute atomic E-state index is 13.6. The third-order valence-electron chi connectivity index (χ3n) is 7.73. The van der Waals surface area contributed by atoms with Crippen molar-refractivity contribution in [3.8, 4) is 40.8 Å². The van der Waals surface area contributed by atoms with E-state index in [2.05, 4.69) is 26.1 Å². The first-order valence-electron chi connectivity index (χ1n) is 16.6. The number of ether oxygens (including phenoxy) is 5. The number of esters is 1. The van der Waals surface area contributed by atoms with Gasteiger partial charge in [-0.15, -0.1) is 0 Å². The summed E-state index contributed by atoms with van der Waals surface area (Å²) in [5.74, 6) is 0.853. The first kappa shape index (κ1) is 41.2. The third kappa shape index (κ3) is 11.1. The van der Waals surface area contributed by atoms with Crippen molar-refractivity contribution >= 4 is 23.1 Å². The van der Waals surface area contributed by atoms with Crippen LogP contribution in [0.5, 0.6) is 34.8 Å². The van der Waals surface area contributed by atoms with Crippen molar-refractivity contribution in [2.75, 3.05) is 14.2 Å². The molecule has 0 fully saturated rings. The Balaban J connectivity index is 0.000000219. The standard InChI is InChI=1S/C22H17N3O5.C18H15ClF3N3O2/c1-27-13-17(22(26)28-2)16-8-4-6-10-19(16)30-21-11-20(24-14-25-21)29-18-9-5-3-7-15(18)12-23;1-17(26,9-25-11-23-10-24-25)15-7-6-14(8-16(15)18(20,21)22)27-13-4-2-12(19)3-5-13/h3-11,13-14H,1-2H3;2-8,10-11,26H,9H2,1H3/b17-13+;. The topological polar surface area (TPSA) is 164 Å². The average Bonchev–Trinajstić information content (AvgIpc) is 3.70. The molecule has 17 heteroatoms. The highest BCUT2D eigenvalue weighted by Crippen LogP contribution is 2.40. The number of hydrogen-bond acceptors (Lipinski definition) is 12. The van der Waals surface area contributed by atoms with Gasteiger partial charge >= 0.3 is 12.1 Å². The Bertz CT molecular complexity index is 2370. The zero-order valence-corrected chi connectivity index (χ0v) is 31.1. The molecule has 0 aliphatic heterocycles. The number of alkyl halides is 3. The number of carbonyl (C=O) groups excluding carboxylic acids is 1. The van der Waals surface area contributed by atoms with Crippen molar-refractivity contribution in [1.82, 2.24) is 24.7 Å². The van der Waals surface area contributed by atoms with Crippen molar-refractivity contribution in [2.45, 2.75) is 25.2 Å². The fraction of sp³-hybridized carbons (Fsp3) is 0.150. The zero-order valence-electron chi connectivity index (χ0n) is 30.3. The molecule has 1 unspecified atom stereocenters. The summed E-state index contributed by atoms with van der Waals surface area (Å²) in [6.07, 6.45) is 0.431. The number of benzene rings is 4. The van der Waals surface area contributed by atoms with Crippen LogP contribution in [-0.4, -0.2) is 50.0 Å². The molecule has 0 bridgehead atoms. The number of aromatic nitrogens is 5. The highest BCUT2D eigenvalue weighted by molar-refractivity contribution is 6.30. The second-order valence-corrected chi connectivity index (χ2v) is 12.3. The van der Waals surface area contributed by atoms with Gasteiger partial charge in [0, 0.05) is 10.6 Å². The van der Waals surface area contributed by atoms with Crippen molar-refractivity contribution < 1.29 is 46.8 Å². The van der Waals surface area contributed by atoms with Gasteiger partial charge in [0.15, 0.2) is 0 Å². The summed E-state index contributed by atoms with van der Waals surface area (Å²) in [4.78, 5) is 24.0. The molecule has 6 rings (SSSR count). The molecule has 292 valence electrons. The van der Waals surface area contributed by atoms with Gasteiger partial charge in [-0.3, -0.25) is 0 Å². The number of nitriles is 1. The zero-order chi connectivity index (χ0) is 41.0. The molecule has 2 aromatic heterocycles. The summed E-state index contributed by atoms with van der Waals surface area (Å²) in [6, 6.07) is 26.9. The number of nitrogens with zero attached hydrogens (tertiary/aromatic N) is 6. The smallest absolute Gasteiger partial charge is 0.416 e. The van der Waals surface area contributed by atoms with E-state index in [0.29, 0.717) is 33.4 Å². The second kappa shape index (κ2) is 18.6. The van der Waals surface area contributed by atoms with Gasteiger partial charge in [0.25, 0.3) is 0 Å². The van der Waals surface area contributed by atoms with E-state index in [0.717, 1.165) is 6.07 Å². The number of rotatable bonds is 12. The van der Waals surface area contributed by atoms with Crippen LogP contribution in [0.15, 0.2) is 122 Å². The van der Waals surface area contributed by atoms with Crippen molar-refractivity contribution in [3.63, 3.8) is 0 Å². The molecule has 0 amide bonds. The first-order chi connectivity index (χ1) is 27.3. The second-order valence-electron chi connectivity index (χ2n) is 11.9. The number of aliphatic hydroxyl groups is 1. The van der Waals surface area contributed by atoms with Gasteiger partial charge in [-0.05, 0) is 67.1 Å². The minimum absolute atomic E-state index is 0.00930. The van der Waals surface area contributed by atoms with E-state index in [4.69, 9.17) is 35.3 Å². The molecule has 57 heavy (non-hydrogen) atoms. The summed E-state index contributed by atoms with van der Waals surface area (Å²) < 4.78 is 68.9. The van der Waals surface area contributed by atoms with E-state index in [9.17, 15) is 28.3 Å². The molecule has 1 N–H and O–H groups in total. The van der Waals surface area contributed by atoms with E-state index in [1.54, 1.807) is 72.8 Å². The molecule has 13 nitrogen and oxygen atoms in total. The third-order valence-corrected chi connectivity index (χ3v) is 7.99. The normalized spacial score (nSPS) is 12.2. The van der Waals surface area contributed by atoms with Gasteiger partial charge in [0.2, 0.25) is 11.8 Å². The van der Waals surface area contributed by atoms with E-state index in [-0.39, 0.29) is 35.2 Å². The first-order valence-corrected chi connectivity index (χ1v) is 17.0. The number of halogens is 4. The van der Waals surface area contributed by atoms with Gasteiger partial charge in [-0.2, -0.15) is 23.5 Å². The molecule has 0 radical (unpaired) electrons. The lowest BCUT2D eigenvalue weighted by molar-refractivity contribution is -0.141. The van der Waals surface area contributed by atoms with Crippen molar-refractivity contribution in [3.05, 3.63) is 150 Å². The molecule has 0 aliphatic carbocycles. The largest absolute Gasteiger partial charge is 0.503 e. The highest BCUT2D eigenvalue weighted by Gasteiger charge is 2.39. The van der Waals surface area contributed by atoms with Gasteiger partial charge in [-0.25, -0.2) is 24.4 Å². The van der Waals surface area contributed by atoms with Crippen LogP contribution >= 0.6 is 11.6 Å². The molecule has 0 saturated carbocycles. The van der Waals surface area contributed by atoms with Crippen LogP contribution in [0.2, 0.25) is 5.02 Å². The molecule has 0 aliphatic rings. The minimum Gasteiger partial charge on any atom is -0.503 e. The van der Waals surface area contributed by atoms with Crippen LogP contribution in [0.1, 0.15) is 29.2 Å². The monoisotopic (exact) mass is 800 g/mol. The van der Waals surface area contributed by atoms with Crippen LogP contribution in [0, 0.1) is 11.3 Å². The van der Waals surface area contributed by atoms with Crippen LogP contribution in [0.3, 0.4) is 0 Å². The lowest BCUT2D eigenvalue weighted by Crippen LogP contribution is -2.31. The highest BCUT2D eigenvalue weighted by atomic mass is 35.5. The Morgan fingerprint density at radius 1 is 0.860 bits per heavy atom. The molecular weight excluding hydrogens is 769 g/mol. The van der Waals surface area contributed by atoms with Crippen LogP contribution in [-0.2, 0) is 32.6 Å². The van der Waals surface area contributed by atoms with E-state index < -0.39 is 23.3 Å². The van der Waals surface area contributed by atoms with Crippen LogP contribution < -0.4 is 14.2 Å². The van der Waals surface area contributed by atoms with Crippen LogP contribution in [0.25, 0.3) is 5.57 Å². The summed E-state index contributed by atoms with van der Waals surface area (Å²) >= 11 is 5.79. The molecule has 2 heterocycles. The summed E-state index contributed by atoms with van der Waals surface area (Å²) in [5.41, 5.74) is -2.08. The predicted molar refractivity (Wildman–Crippen MR) is 199 cm³/mol. The fourth-order valence-electron chi connectivity index (χ4n) is 5.18. The van der Waals surface area contributed by atoms with Gasteiger partial charge < -0.3 is 28.8 Å².